The zero-order chi connectivity index (χ0) is 12.3. The minimum Gasteiger partial charge on any atom is -0.477 e. The normalized spacial score (nSPS) is 9.81. The Bertz CT molecular complexity index is 451. The molecule has 0 saturated carbocycles. The van der Waals surface area contributed by atoms with Gasteiger partial charge in [-0.15, -0.1) is 0 Å². The Morgan fingerprint density at radius 3 is 2.69 bits per heavy atom. The number of amides is 2. The van der Waals surface area contributed by atoms with Crippen molar-refractivity contribution in [2.24, 2.45) is 12.8 Å². The highest BCUT2D eigenvalue weighted by molar-refractivity contribution is 6.04. The molecule has 8 nitrogen and oxygen atoms in total. The Balaban J connectivity index is 2.91. The second-order valence-corrected chi connectivity index (χ2v) is 2.98. The minimum atomic E-state index is -1.27. The van der Waals surface area contributed by atoms with Crippen molar-refractivity contribution in [3.63, 3.8) is 0 Å². The summed E-state index contributed by atoms with van der Waals surface area (Å²) in [5.41, 5.74) is 4.47. The van der Waals surface area contributed by atoms with Gasteiger partial charge in [-0.3, -0.25) is 14.3 Å². The van der Waals surface area contributed by atoms with Crippen LogP contribution in [-0.2, 0) is 11.8 Å². The fourth-order valence-corrected chi connectivity index (χ4v) is 1.12. The lowest BCUT2D eigenvalue weighted by Gasteiger charge is -2.02. The number of primary amides is 1. The Kier molecular flexibility index (Phi) is 3.24. The van der Waals surface area contributed by atoms with E-state index in [-0.39, 0.29) is 17.8 Å². The van der Waals surface area contributed by atoms with Crippen LogP contribution in [-0.4, -0.2) is 39.2 Å². The SMILES string of the molecule is Cn1ncc(C(=O)NCC(N)=O)c1C(=O)O. The van der Waals surface area contributed by atoms with E-state index in [1.54, 1.807) is 0 Å². The highest BCUT2D eigenvalue weighted by atomic mass is 16.4. The van der Waals surface area contributed by atoms with E-state index in [0.29, 0.717) is 0 Å². The molecule has 0 bridgehead atoms. The number of carboxylic acid groups (broad SMARTS) is 1. The fourth-order valence-electron chi connectivity index (χ4n) is 1.12. The Hall–Kier alpha value is -2.38. The molecule has 0 aromatic carbocycles. The molecule has 0 atom stereocenters. The smallest absolute Gasteiger partial charge is 0.354 e. The Morgan fingerprint density at radius 2 is 2.19 bits per heavy atom. The second kappa shape index (κ2) is 4.43. The summed E-state index contributed by atoms with van der Waals surface area (Å²) in [4.78, 5) is 32.7. The lowest BCUT2D eigenvalue weighted by molar-refractivity contribution is -0.117. The molecule has 4 N–H and O–H groups in total. The van der Waals surface area contributed by atoms with Crippen molar-refractivity contribution in [2.45, 2.75) is 0 Å². The van der Waals surface area contributed by atoms with E-state index in [0.717, 1.165) is 10.9 Å². The molecule has 0 aliphatic rings. The molecule has 0 spiro atoms. The van der Waals surface area contributed by atoms with Gasteiger partial charge in [-0.2, -0.15) is 5.10 Å². The summed E-state index contributed by atoms with van der Waals surface area (Å²) in [6, 6.07) is 0. The number of aromatic carboxylic acids is 1. The standard InChI is InChI=1S/C8H10N4O4/c1-12-6(8(15)16)4(2-11-12)7(14)10-3-5(9)13/h2H,3H2,1H3,(H2,9,13)(H,10,14)(H,15,16). The lowest BCUT2D eigenvalue weighted by atomic mass is 10.2. The van der Waals surface area contributed by atoms with Crippen molar-refractivity contribution < 1.29 is 19.5 Å². The molecule has 1 rings (SSSR count). The summed E-state index contributed by atoms with van der Waals surface area (Å²) in [6.07, 6.45) is 1.11. The highest BCUT2D eigenvalue weighted by Crippen LogP contribution is 2.06. The second-order valence-electron chi connectivity index (χ2n) is 2.98. The molecule has 86 valence electrons. The first-order valence-electron chi connectivity index (χ1n) is 4.25. The van der Waals surface area contributed by atoms with Crippen LogP contribution in [0.15, 0.2) is 6.20 Å². The summed E-state index contributed by atoms with van der Waals surface area (Å²) in [5.74, 6) is -2.69. The first-order valence-corrected chi connectivity index (χ1v) is 4.25. The van der Waals surface area contributed by atoms with Crippen LogP contribution in [0, 0.1) is 0 Å². The van der Waals surface area contributed by atoms with Crippen molar-refractivity contribution >= 4 is 17.8 Å². The van der Waals surface area contributed by atoms with Crippen LogP contribution < -0.4 is 11.1 Å². The lowest BCUT2D eigenvalue weighted by Crippen LogP contribution is -2.33. The third kappa shape index (κ3) is 2.35. The van der Waals surface area contributed by atoms with E-state index in [1.807, 2.05) is 0 Å². The van der Waals surface area contributed by atoms with Crippen molar-refractivity contribution in [3.8, 4) is 0 Å². The van der Waals surface area contributed by atoms with Gasteiger partial charge in [0.05, 0.1) is 18.3 Å². The molecule has 0 fully saturated rings. The molecule has 8 heteroatoms. The zero-order valence-corrected chi connectivity index (χ0v) is 8.43. The molecule has 2 amide bonds. The van der Waals surface area contributed by atoms with Crippen molar-refractivity contribution in [1.82, 2.24) is 15.1 Å². The number of carboxylic acids is 1. The summed E-state index contributed by atoms with van der Waals surface area (Å²) in [7, 11) is 1.40. The Labute approximate surface area is 90.0 Å². The number of nitrogens with one attached hydrogen (secondary N) is 1. The molecule has 0 aliphatic carbocycles. The topological polar surface area (TPSA) is 127 Å². The van der Waals surface area contributed by atoms with Crippen LogP contribution in [0.2, 0.25) is 0 Å². The third-order valence-corrected chi connectivity index (χ3v) is 1.81. The van der Waals surface area contributed by atoms with Gasteiger partial charge in [0.2, 0.25) is 5.91 Å². The van der Waals surface area contributed by atoms with Gasteiger partial charge < -0.3 is 16.2 Å². The van der Waals surface area contributed by atoms with E-state index >= 15 is 0 Å². The molecule has 16 heavy (non-hydrogen) atoms. The van der Waals surface area contributed by atoms with E-state index < -0.39 is 17.8 Å². The largest absolute Gasteiger partial charge is 0.477 e. The molecular weight excluding hydrogens is 216 g/mol. The van der Waals surface area contributed by atoms with Crippen LogP contribution in [0.5, 0.6) is 0 Å². The van der Waals surface area contributed by atoms with Gasteiger partial charge in [-0.1, -0.05) is 0 Å². The van der Waals surface area contributed by atoms with Gasteiger partial charge in [0.1, 0.15) is 0 Å². The van der Waals surface area contributed by atoms with Crippen LogP contribution in [0.4, 0.5) is 0 Å². The number of carbonyl (C=O) groups excluding carboxylic acids is 2. The quantitative estimate of drug-likeness (QED) is 0.565. The van der Waals surface area contributed by atoms with E-state index in [2.05, 4.69) is 10.4 Å². The van der Waals surface area contributed by atoms with E-state index in [4.69, 9.17) is 10.8 Å². The summed E-state index contributed by atoms with van der Waals surface area (Å²) >= 11 is 0. The van der Waals surface area contributed by atoms with Crippen molar-refractivity contribution in [3.05, 3.63) is 17.5 Å². The number of rotatable bonds is 4. The predicted molar refractivity (Wildman–Crippen MR) is 51.7 cm³/mol. The summed E-state index contributed by atoms with van der Waals surface area (Å²) in [6.45, 7) is -0.354. The average Bonchev–Trinajstić information content (AvgIpc) is 2.56. The molecule has 1 aromatic rings. The van der Waals surface area contributed by atoms with Gasteiger partial charge in [-0.05, 0) is 0 Å². The van der Waals surface area contributed by atoms with Crippen LogP contribution in [0.25, 0.3) is 0 Å². The van der Waals surface area contributed by atoms with E-state index in [9.17, 15) is 14.4 Å². The molecule has 1 heterocycles. The predicted octanol–water partition coefficient (Wildman–Crippen LogP) is -1.67. The van der Waals surface area contributed by atoms with Crippen LogP contribution in [0.3, 0.4) is 0 Å². The summed E-state index contributed by atoms with van der Waals surface area (Å²) in [5, 5.41) is 14.7. The van der Waals surface area contributed by atoms with Gasteiger partial charge >= 0.3 is 5.97 Å². The number of aromatic nitrogens is 2. The van der Waals surface area contributed by atoms with Crippen molar-refractivity contribution in [2.75, 3.05) is 6.54 Å². The monoisotopic (exact) mass is 226 g/mol. The third-order valence-electron chi connectivity index (χ3n) is 1.81. The van der Waals surface area contributed by atoms with Gasteiger partial charge in [-0.25, -0.2) is 4.79 Å². The van der Waals surface area contributed by atoms with Crippen LogP contribution in [0.1, 0.15) is 20.8 Å². The van der Waals surface area contributed by atoms with Gasteiger partial charge in [0, 0.05) is 7.05 Å². The zero-order valence-electron chi connectivity index (χ0n) is 8.43. The van der Waals surface area contributed by atoms with Crippen molar-refractivity contribution in [1.29, 1.82) is 0 Å². The van der Waals surface area contributed by atoms with Gasteiger partial charge in [0.25, 0.3) is 5.91 Å². The number of aryl methyl sites for hydroxylation is 1. The maximum atomic E-state index is 11.5. The number of hydrogen-bond donors (Lipinski definition) is 3. The summed E-state index contributed by atoms with van der Waals surface area (Å²) < 4.78 is 1.06. The fraction of sp³-hybridized carbons (Fsp3) is 0.250. The number of carbonyl (C=O) groups is 3. The molecule has 0 radical (unpaired) electrons. The molecule has 0 aliphatic heterocycles. The highest BCUT2D eigenvalue weighted by Gasteiger charge is 2.21. The number of nitrogens with zero attached hydrogens (tertiary/aromatic N) is 2. The minimum absolute atomic E-state index is 0.115. The Morgan fingerprint density at radius 1 is 1.56 bits per heavy atom. The first kappa shape index (κ1) is 11.7. The molecule has 0 unspecified atom stereocenters. The maximum Gasteiger partial charge on any atom is 0.354 e. The molecule has 1 aromatic heterocycles. The average molecular weight is 226 g/mol. The molecular formula is C8H10N4O4. The van der Waals surface area contributed by atoms with E-state index in [1.165, 1.54) is 7.05 Å². The number of hydrogen-bond acceptors (Lipinski definition) is 4. The number of nitrogens with two attached hydrogens (primary N) is 1. The maximum absolute atomic E-state index is 11.5. The molecule has 0 saturated heterocycles. The van der Waals surface area contributed by atoms with Gasteiger partial charge in [0.15, 0.2) is 5.69 Å². The first-order chi connectivity index (χ1) is 7.43. The van der Waals surface area contributed by atoms with Crippen LogP contribution >= 0.6 is 0 Å².